The quantitative estimate of drug-likeness (QED) is 0.173. The summed E-state index contributed by atoms with van der Waals surface area (Å²) in [7, 11) is 0. The van der Waals surface area contributed by atoms with E-state index in [2.05, 4.69) is 54.5 Å². The molecule has 0 aromatic carbocycles. The first-order chi connectivity index (χ1) is 24.1. The highest BCUT2D eigenvalue weighted by atomic mass is 16.8. The molecule has 2 saturated heterocycles. The van der Waals surface area contributed by atoms with Crippen molar-refractivity contribution >= 4 is 5.97 Å². The van der Waals surface area contributed by atoms with Gasteiger partial charge in [0.25, 0.3) is 0 Å². The summed E-state index contributed by atoms with van der Waals surface area (Å²) in [6.45, 7) is 18.1. The van der Waals surface area contributed by atoms with Crippen LogP contribution >= 0.6 is 0 Å². The van der Waals surface area contributed by atoms with Crippen LogP contribution in [0.5, 0.6) is 0 Å². The molecule has 6 fully saturated rings. The van der Waals surface area contributed by atoms with E-state index in [0.29, 0.717) is 11.8 Å². The molecule has 4 saturated carbocycles. The molecule has 0 amide bonds. The Balaban J connectivity index is 1.13. The SMILES string of the molecule is C[C@@H]1O[C@H](O[C@H]2[C@H](O[C@H]3CC[C@]4(C)[C@H]5CC=C6[C@@H]7CC(C)(C)CC[C@]7(C(=O)O)CC[C@@]6(C)[C@]5(C)CC[C@H]4C3(C)C)OC[C@H](O)[C@@H]2O)[C@H](O)[C@H](O)[C@H]1O. The zero-order valence-corrected chi connectivity index (χ0v) is 32.6. The number of aliphatic carboxylic acids is 1. The van der Waals surface area contributed by atoms with Crippen LogP contribution in [0.15, 0.2) is 11.6 Å². The molecule has 0 aromatic rings. The molecule has 2 aliphatic heterocycles. The van der Waals surface area contributed by atoms with Crippen LogP contribution in [0.4, 0.5) is 0 Å². The molecule has 17 atom stereocenters. The molecule has 0 bridgehead atoms. The summed E-state index contributed by atoms with van der Waals surface area (Å²) in [6, 6.07) is 0. The van der Waals surface area contributed by atoms with Gasteiger partial charge in [0.2, 0.25) is 0 Å². The van der Waals surface area contributed by atoms with Gasteiger partial charge in [-0.1, -0.05) is 60.1 Å². The number of hydrogen-bond acceptors (Lipinski definition) is 10. The van der Waals surface area contributed by atoms with Gasteiger partial charge in [-0.3, -0.25) is 4.79 Å². The lowest BCUT2D eigenvalue weighted by molar-refractivity contribution is -0.364. The molecule has 296 valence electrons. The molecular weight excluding hydrogens is 668 g/mol. The van der Waals surface area contributed by atoms with Crippen molar-refractivity contribution in [2.75, 3.05) is 6.61 Å². The molecule has 7 rings (SSSR count). The first-order valence-electron chi connectivity index (χ1n) is 20.1. The highest BCUT2D eigenvalue weighted by Gasteiger charge is 2.69. The lowest BCUT2D eigenvalue weighted by atomic mass is 9.33. The van der Waals surface area contributed by atoms with Gasteiger partial charge >= 0.3 is 5.97 Å². The van der Waals surface area contributed by atoms with E-state index in [9.17, 15) is 35.4 Å². The second-order valence-electron chi connectivity index (χ2n) is 20.2. The van der Waals surface area contributed by atoms with Crippen LogP contribution in [0.1, 0.15) is 120 Å². The van der Waals surface area contributed by atoms with Crippen LogP contribution in [0.25, 0.3) is 0 Å². The number of fused-ring (bicyclic) bond motifs is 7. The lowest BCUT2D eigenvalue weighted by Gasteiger charge is -2.71. The molecule has 0 unspecified atom stereocenters. The van der Waals surface area contributed by atoms with E-state index in [-0.39, 0.29) is 45.7 Å². The fourth-order valence-electron chi connectivity index (χ4n) is 13.3. The average Bonchev–Trinajstić information content (AvgIpc) is 3.06. The second kappa shape index (κ2) is 12.9. The van der Waals surface area contributed by atoms with Gasteiger partial charge in [-0.25, -0.2) is 0 Å². The highest BCUT2D eigenvalue weighted by Crippen LogP contribution is 2.76. The molecule has 0 spiro atoms. The van der Waals surface area contributed by atoms with Crippen molar-refractivity contribution in [2.45, 2.75) is 181 Å². The number of carbonyl (C=O) groups is 1. The smallest absolute Gasteiger partial charge is 0.310 e. The zero-order valence-electron chi connectivity index (χ0n) is 32.6. The number of aliphatic hydroxyl groups is 5. The lowest BCUT2D eigenvalue weighted by Crippen LogP contribution is -2.66. The summed E-state index contributed by atoms with van der Waals surface area (Å²) in [6.07, 6.45) is -0.253. The number of carboxylic acid groups (broad SMARTS) is 1. The minimum absolute atomic E-state index is 0.0146. The van der Waals surface area contributed by atoms with Crippen molar-refractivity contribution in [1.29, 1.82) is 0 Å². The van der Waals surface area contributed by atoms with Crippen LogP contribution < -0.4 is 0 Å². The molecule has 2 heterocycles. The van der Waals surface area contributed by atoms with Gasteiger partial charge in [0.1, 0.15) is 36.6 Å². The van der Waals surface area contributed by atoms with Crippen LogP contribution in [0, 0.1) is 50.2 Å². The van der Waals surface area contributed by atoms with Crippen LogP contribution in [-0.2, 0) is 23.7 Å². The highest BCUT2D eigenvalue weighted by molar-refractivity contribution is 5.76. The van der Waals surface area contributed by atoms with E-state index in [1.807, 2.05) is 0 Å². The number of carboxylic acids is 1. The van der Waals surface area contributed by atoms with Crippen molar-refractivity contribution in [3.05, 3.63) is 11.6 Å². The summed E-state index contributed by atoms with van der Waals surface area (Å²) in [4.78, 5) is 13.0. The maximum atomic E-state index is 13.0. The van der Waals surface area contributed by atoms with Crippen LogP contribution in [-0.4, -0.2) is 105 Å². The van der Waals surface area contributed by atoms with Gasteiger partial charge < -0.3 is 49.6 Å². The van der Waals surface area contributed by atoms with Gasteiger partial charge in [0.15, 0.2) is 12.6 Å². The Morgan fingerprint density at radius 2 is 1.48 bits per heavy atom. The average molecular weight is 735 g/mol. The Bertz CT molecular complexity index is 1410. The van der Waals surface area contributed by atoms with Crippen molar-refractivity contribution in [3.8, 4) is 0 Å². The third kappa shape index (κ3) is 5.64. The topological polar surface area (TPSA) is 175 Å². The first-order valence-corrected chi connectivity index (χ1v) is 20.1. The standard InChI is InChI=1S/C41H66O11/c1-21-28(43)30(45)31(46)33(50-21)52-32-29(44)24(42)20-49-34(32)51-27-12-13-38(6)25(37(27,4)5)11-14-40(8)26(38)10-9-22-23-19-36(2,3)15-17-41(23,35(47)48)18-16-39(22,40)7/h9,21,23-34,42-46H,10-20H2,1-8H3,(H,47,48)/t21-,23-,24-,25-,26+,27-,28-,29-,30+,31+,32+,33+,34-,38-,39+,40+,41-/m0/s1. The van der Waals surface area contributed by atoms with Gasteiger partial charge in [-0.05, 0) is 116 Å². The molecule has 7 aliphatic rings. The van der Waals surface area contributed by atoms with Gasteiger partial charge in [-0.15, -0.1) is 0 Å². The molecule has 52 heavy (non-hydrogen) atoms. The van der Waals surface area contributed by atoms with Crippen molar-refractivity contribution < 1.29 is 54.4 Å². The third-order valence-corrected chi connectivity index (χ3v) is 16.8. The molecule has 11 heteroatoms. The molecule has 0 aromatic heterocycles. The molecule has 0 radical (unpaired) electrons. The van der Waals surface area contributed by atoms with Crippen LogP contribution in [0.3, 0.4) is 0 Å². The van der Waals surface area contributed by atoms with Gasteiger partial charge in [0, 0.05) is 0 Å². The summed E-state index contributed by atoms with van der Waals surface area (Å²) in [5.74, 6) is 0.219. The number of hydrogen-bond donors (Lipinski definition) is 6. The minimum atomic E-state index is -1.58. The molecule has 11 nitrogen and oxygen atoms in total. The fraction of sp³-hybridized carbons (Fsp3) is 0.927. The minimum Gasteiger partial charge on any atom is -0.481 e. The predicted molar refractivity (Wildman–Crippen MR) is 191 cm³/mol. The van der Waals surface area contributed by atoms with Crippen molar-refractivity contribution in [3.63, 3.8) is 0 Å². The van der Waals surface area contributed by atoms with E-state index < -0.39 is 66.7 Å². The predicted octanol–water partition coefficient (Wildman–Crippen LogP) is 4.55. The van der Waals surface area contributed by atoms with Gasteiger partial charge in [-0.2, -0.15) is 0 Å². The van der Waals surface area contributed by atoms with E-state index in [1.54, 1.807) is 6.92 Å². The molecule has 5 aliphatic carbocycles. The Labute approximate surface area is 309 Å². The summed E-state index contributed by atoms with van der Waals surface area (Å²) < 4.78 is 24.5. The Hall–Kier alpha value is -1.15. The Morgan fingerprint density at radius 3 is 2.17 bits per heavy atom. The first kappa shape index (κ1) is 39.1. The van der Waals surface area contributed by atoms with E-state index in [0.717, 1.165) is 64.2 Å². The van der Waals surface area contributed by atoms with Crippen molar-refractivity contribution in [2.24, 2.45) is 50.2 Å². The monoisotopic (exact) mass is 734 g/mol. The Kier molecular flexibility index (Phi) is 9.74. The number of allylic oxidation sites excluding steroid dienone is 2. The van der Waals surface area contributed by atoms with Crippen LogP contribution in [0.2, 0.25) is 0 Å². The third-order valence-electron chi connectivity index (χ3n) is 16.8. The van der Waals surface area contributed by atoms with Crippen molar-refractivity contribution in [1.82, 2.24) is 0 Å². The van der Waals surface area contributed by atoms with Gasteiger partial charge in [0.05, 0.1) is 24.2 Å². The molecule has 6 N–H and O–H groups in total. The maximum Gasteiger partial charge on any atom is 0.310 e. The largest absolute Gasteiger partial charge is 0.481 e. The van der Waals surface area contributed by atoms with E-state index >= 15 is 0 Å². The normalized spacial score (nSPS) is 54.1. The summed E-state index contributed by atoms with van der Waals surface area (Å²) >= 11 is 0. The maximum absolute atomic E-state index is 13.0. The zero-order chi connectivity index (χ0) is 38.0. The molecular formula is C41H66O11. The van der Waals surface area contributed by atoms with E-state index in [1.165, 1.54) is 5.57 Å². The number of aliphatic hydroxyl groups excluding tert-OH is 5. The number of rotatable bonds is 5. The second-order valence-corrected chi connectivity index (χ2v) is 20.2. The summed E-state index contributed by atoms with van der Waals surface area (Å²) in [5, 5.41) is 63.6. The number of ether oxygens (including phenoxy) is 4. The Morgan fingerprint density at radius 1 is 0.788 bits per heavy atom. The fourth-order valence-corrected chi connectivity index (χ4v) is 13.3. The summed E-state index contributed by atoms with van der Waals surface area (Å²) in [5.41, 5.74) is 0.579. The van der Waals surface area contributed by atoms with E-state index in [4.69, 9.17) is 18.9 Å².